The number of ether oxygens (including phenoxy) is 2. The molecule has 1 heterocycles. The molecule has 1 aromatic carbocycles. The Balaban J connectivity index is 2.35. The summed E-state index contributed by atoms with van der Waals surface area (Å²) in [5.74, 6) is 1.40. The SMILES string of the molecule is COc1cc(CO)ccc1Oc1cc(C(N)=S)cc(C)n1. The number of hydrogen-bond donors (Lipinski definition) is 2. The zero-order valence-corrected chi connectivity index (χ0v) is 12.6. The largest absolute Gasteiger partial charge is 0.493 e. The maximum absolute atomic E-state index is 9.14. The molecule has 0 atom stereocenters. The van der Waals surface area contributed by atoms with E-state index in [1.54, 1.807) is 30.3 Å². The highest BCUT2D eigenvalue weighted by molar-refractivity contribution is 7.80. The van der Waals surface area contributed by atoms with Crippen molar-refractivity contribution >= 4 is 17.2 Å². The lowest BCUT2D eigenvalue weighted by Gasteiger charge is -2.12. The first kappa shape index (κ1) is 15.2. The van der Waals surface area contributed by atoms with E-state index in [-0.39, 0.29) is 11.6 Å². The van der Waals surface area contributed by atoms with Gasteiger partial charge in [-0.15, -0.1) is 0 Å². The molecule has 0 bridgehead atoms. The number of hydrogen-bond acceptors (Lipinski definition) is 5. The van der Waals surface area contributed by atoms with Gasteiger partial charge in [-0.1, -0.05) is 18.3 Å². The second-order valence-electron chi connectivity index (χ2n) is 4.45. The fourth-order valence-corrected chi connectivity index (χ4v) is 1.96. The van der Waals surface area contributed by atoms with E-state index in [2.05, 4.69) is 4.98 Å². The van der Waals surface area contributed by atoms with Gasteiger partial charge < -0.3 is 20.3 Å². The van der Waals surface area contributed by atoms with Crippen molar-refractivity contribution in [2.45, 2.75) is 13.5 Å². The van der Waals surface area contributed by atoms with Gasteiger partial charge in [-0.05, 0) is 30.7 Å². The molecular formula is C15H16N2O3S. The highest BCUT2D eigenvalue weighted by atomic mass is 32.1. The summed E-state index contributed by atoms with van der Waals surface area (Å²) in [4.78, 5) is 4.57. The molecule has 110 valence electrons. The lowest BCUT2D eigenvalue weighted by atomic mass is 10.2. The standard InChI is InChI=1S/C15H16N2O3S/c1-9-5-11(15(16)21)7-14(17-9)20-12-4-3-10(8-18)6-13(12)19-2/h3-7,18H,8H2,1-2H3,(H2,16,21). The number of thiocarbonyl (C=S) groups is 1. The molecule has 0 aliphatic heterocycles. The fourth-order valence-electron chi connectivity index (χ4n) is 1.84. The van der Waals surface area contributed by atoms with Crippen molar-refractivity contribution in [1.29, 1.82) is 0 Å². The van der Waals surface area contributed by atoms with Crippen LogP contribution < -0.4 is 15.2 Å². The number of pyridine rings is 1. The Bertz CT molecular complexity index is 674. The van der Waals surface area contributed by atoms with Crippen LogP contribution in [0.3, 0.4) is 0 Å². The van der Waals surface area contributed by atoms with Crippen molar-refractivity contribution in [1.82, 2.24) is 4.98 Å². The van der Waals surface area contributed by atoms with Crippen LogP contribution in [0.2, 0.25) is 0 Å². The van der Waals surface area contributed by atoms with E-state index >= 15 is 0 Å². The van der Waals surface area contributed by atoms with Gasteiger partial charge in [0.2, 0.25) is 5.88 Å². The Labute approximate surface area is 128 Å². The van der Waals surface area contributed by atoms with Gasteiger partial charge in [0.15, 0.2) is 11.5 Å². The van der Waals surface area contributed by atoms with E-state index in [1.165, 1.54) is 7.11 Å². The minimum atomic E-state index is -0.0646. The minimum absolute atomic E-state index is 0.0646. The van der Waals surface area contributed by atoms with Crippen LogP contribution in [0.4, 0.5) is 0 Å². The Morgan fingerprint density at radius 2 is 2.05 bits per heavy atom. The van der Waals surface area contributed by atoms with E-state index in [1.807, 2.05) is 6.92 Å². The molecular weight excluding hydrogens is 288 g/mol. The molecule has 1 aromatic heterocycles. The Hall–Kier alpha value is -2.18. The van der Waals surface area contributed by atoms with Crippen LogP contribution in [0.15, 0.2) is 30.3 Å². The highest BCUT2D eigenvalue weighted by Gasteiger charge is 2.09. The van der Waals surface area contributed by atoms with Crippen LogP contribution in [0.5, 0.6) is 17.4 Å². The van der Waals surface area contributed by atoms with Gasteiger partial charge in [0.1, 0.15) is 4.99 Å². The molecule has 6 heteroatoms. The molecule has 3 N–H and O–H groups in total. The van der Waals surface area contributed by atoms with Crippen LogP contribution in [-0.4, -0.2) is 22.2 Å². The molecule has 0 fully saturated rings. The van der Waals surface area contributed by atoms with E-state index in [4.69, 9.17) is 32.5 Å². The maximum Gasteiger partial charge on any atom is 0.220 e. The molecule has 0 aliphatic carbocycles. The monoisotopic (exact) mass is 304 g/mol. The molecule has 0 amide bonds. The second kappa shape index (κ2) is 6.51. The molecule has 0 unspecified atom stereocenters. The van der Waals surface area contributed by atoms with Gasteiger partial charge in [0.05, 0.1) is 13.7 Å². The summed E-state index contributed by atoms with van der Waals surface area (Å²) in [5.41, 5.74) is 7.81. The van der Waals surface area contributed by atoms with Crippen LogP contribution >= 0.6 is 12.2 Å². The average molecular weight is 304 g/mol. The normalized spacial score (nSPS) is 10.2. The van der Waals surface area contributed by atoms with Gasteiger partial charge in [0, 0.05) is 17.3 Å². The summed E-state index contributed by atoms with van der Waals surface area (Å²) >= 11 is 4.97. The molecule has 0 spiro atoms. The van der Waals surface area contributed by atoms with Crippen molar-refractivity contribution < 1.29 is 14.6 Å². The number of benzene rings is 1. The topological polar surface area (TPSA) is 77.6 Å². The Morgan fingerprint density at radius 3 is 2.67 bits per heavy atom. The molecule has 0 saturated carbocycles. The predicted molar refractivity (Wildman–Crippen MR) is 83.9 cm³/mol. The fraction of sp³-hybridized carbons (Fsp3) is 0.200. The molecule has 0 saturated heterocycles. The summed E-state index contributed by atoms with van der Waals surface area (Å²) in [6, 6.07) is 8.65. The van der Waals surface area contributed by atoms with E-state index in [9.17, 15) is 0 Å². The lowest BCUT2D eigenvalue weighted by Crippen LogP contribution is -2.10. The quantitative estimate of drug-likeness (QED) is 0.826. The van der Waals surface area contributed by atoms with Crippen LogP contribution in [0.1, 0.15) is 16.8 Å². The number of aliphatic hydroxyl groups excluding tert-OH is 1. The average Bonchev–Trinajstić information content (AvgIpc) is 2.47. The van der Waals surface area contributed by atoms with E-state index in [0.29, 0.717) is 22.9 Å². The highest BCUT2D eigenvalue weighted by Crippen LogP contribution is 2.32. The van der Waals surface area contributed by atoms with Gasteiger partial charge in [-0.25, -0.2) is 4.98 Å². The van der Waals surface area contributed by atoms with Gasteiger partial charge in [0.25, 0.3) is 0 Å². The molecule has 21 heavy (non-hydrogen) atoms. The van der Waals surface area contributed by atoms with Crippen molar-refractivity contribution in [3.63, 3.8) is 0 Å². The number of aromatic nitrogens is 1. The molecule has 2 rings (SSSR count). The third-order valence-corrected chi connectivity index (χ3v) is 3.08. The Kier molecular flexibility index (Phi) is 4.72. The van der Waals surface area contributed by atoms with E-state index in [0.717, 1.165) is 11.3 Å². The minimum Gasteiger partial charge on any atom is -0.493 e. The first-order valence-electron chi connectivity index (χ1n) is 6.27. The van der Waals surface area contributed by atoms with E-state index < -0.39 is 0 Å². The molecule has 5 nitrogen and oxygen atoms in total. The van der Waals surface area contributed by atoms with Gasteiger partial charge in [-0.3, -0.25) is 0 Å². The van der Waals surface area contributed by atoms with Crippen LogP contribution in [0, 0.1) is 6.92 Å². The molecule has 0 radical (unpaired) electrons. The summed E-state index contributed by atoms with van der Waals surface area (Å²) < 4.78 is 11.0. The zero-order chi connectivity index (χ0) is 15.4. The number of aryl methyl sites for hydroxylation is 1. The Morgan fingerprint density at radius 1 is 1.29 bits per heavy atom. The number of methoxy groups -OCH3 is 1. The van der Waals surface area contributed by atoms with Crippen molar-refractivity contribution in [2.75, 3.05) is 7.11 Å². The smallest absolute Gasteiger partial charge is 0.220 e. The number of nitrogens with zero attached hydrogens (tertiary/aromatic N) is 1. The number of nitrogens with two attached hydrogens (primary N) is 1. The molecule has 2 aromatic rings. The van der Waals surface area contributed by atoms with Crippen molar-refractivity contribution in [3.8, 4) is 17.4 Å². The number of aliphatic hydroxyl groups is 1. The first-order chi connectivity index (χ1) is 10.0. The maximum atomic E-state index is 9.14. The second-order valence-corrected chi connectivity index (χ2v) is 4.88. The summed E-state index contributed by atoms with van der Waals surface area (Å²) in [6.45, 7) is 1.77. The third kappa shape index (κ3) is 3.68. The van der Waals surface area contributed by atoms with Gasteiger partial charge in [-0.2, -0.15) is 0 Å². The first-order valence-corrected chi connectivity index (χ1v) is 6.68. The lowest BCUT2D eigenvalue weighted by molar-refractivity contribution is 0.280. The molecule has 0 aliphatic rings. The van der Waals surface area contributed by atoms with Gasteiger partial charge >= 0.3 is 0 Å². The predicted octanol–water partition coefficient (Wildman–Crippen LogP) is 2.32. The summed E-state index contributed by atoms with van der Waals surface area (Å²) in [6.07, 6.45) is 0. The van der Waals surface area contributed by atoms with Crippen molar-refractivity contribution in [3.05, 3.63) is 47.2 Å². The number of rotatable bonds is 5. The zero-order valence-electron chi connectivity index (χ0n) is 11.8. The summed E-state index contributed by atoms with van der Waals surface area (Å²) in [5, 5.41) is 9.14. The van der Waals surface area contributed by atoms with Crippen LogP contribution in [0.25, 0.3) is 0 Å². The summed E-state index contributed by atoms with van der Waals surface area (Å²) in [7, 11) is 1.54. The third-order valence-electron chi connectivity index (χ3n) is 2.84. The van der Waals surface area contributed by atoms with Crippen molar-refractivity contribution in [2.24, 2.45) is 5.73 Å². The van der Waals surface area contributed by atoms with Crippen LogP contribution in [-0.2, 0) is 6.61 Å².